The van der Waals surface area contributed by atoms with E-state index in [1.807, 2.05) is 24.3 Å². The van der Waals surface area contributed by atoms with Gasteiger partial charge in [-0.1, -0.05) is 24.3 Å². The van der Waals surface area contributed by atoms with Crippen LogP contribution in [0.2, 0.25) is 0 Å². The lowest BCUT2D eigenvalue weighted by Crippen LogP contribution is -2.45. The third kappa shape index (κ3) is 4.72. The Morgan fingerprint density at radius 3 is 2.76 bits per heavy atom. The second-order valence-electron chi connectivity index (χ2n) is 7.20. The lowest BCUT2D eigenvalue weighted by atomic mass is 9.96. The molecule has 0 saturated carbocycles. The third-order valence-electron chi connectivity index (χ3n) is 5.24. The molecule has 1 aliphatic rings. The van der Waals surface area contributed by atoms with Crippen molar-refractivity contribution in [2.45, 2.75) is 32.9 Å². The van der Waals surface area contributed by atoms with Crippen LogP contribution in [0, 0.1) is 24.5 Å². The number of nitrogens with one attached hydrogen (secondary N) is 1. The van der Waals surface area contributed by atoms with Crippen LogP contribution >= 0.6 is 0 Å². The van der Waals surface area contributed by atoms with Gasteiger partial charge in [0.15, 0.2) is 0 Å². The summed E-state index contributed by atoms with van der Waals surface area (Å²) in [7, 11) is 1.57. The number of carbonyl (C=O) groups is 2. The molecule has 1 atom stereocenters. The van der Waals surface area contributed by atoms with Gasteiger partial charge in [0.05, 0.1) is 13.0 Å². The maximum Gasteiger partial charge on any atom is 0.225 e. The number of aryl methyl sites for hydroxylation is 1. The molecule has 5 nitrogen and oxygen atoms in total. The molecule has 29 heavy (non-hydrogen) atoms. The number of para-hydroxylation sites is 1. The van der Waals surface area contributed by atoms with Crippen LogP contribution < -0.4 is 10.1 Å². The summed E-state index contributed by atoms with van der Waals surface area (Å²) in [5.41, 5.74) is 1.02. The first-order chi connectivity index (χ1) is 13.9. The molecule has 1 fully saturated rings. The number of likely N-dealkylation sites (tertiary alicyclic amines) is 1. The first-order valence-electron chi connectivity index (χ1n) is 9.51. The lowest BCUT2D eigenvalue weighted by Gasteiger charge is -2.32. The quantitative estimate of drug-likeness (QED) is 0.806. The molecule has 0 radical (unpaired) electrons. The summed E-state index contributed by atoms with van der Waals surface area (Å²) in [5.74, 6) is -1.44. The average molecular weight is 402 g/mol. The molecule has 2 aromatic carbocycles. The summed E-state index contributed by atoms with van der Waals surface area (Å²) in [4.78, 5) is 26.5. The molecular formula is C22H24F2N2O3. The number of benzene rings is 2. The first-order valence-corrected chi connectivity index (χ1v) is 9.51. The van der Waals surface area contributed by atoms with Crippen molar-refractivity contribution in [3.05, 3.63) is 64.7 Å². The number of nitrogens with zero attached hydrogens (tertiary/aromatic N) is 1. The van der Waals surface area contributed by atoms with Crippen molar-refractivity contribution in [3.8, 4) is 5.75 Å². The topological polar surface area (TPSA) is 58.6 Å². The van der Waals surface area contributed by atoms with Crippen LogP contribution in [0.5, 0.6) is 5.75 Å². The zero-order valence-corrected chi connectivity index (χ0v) is 16.5. The summed E-state index contributed by atoms with van der Waals surface area (Å²) in [6.07, 6.45) is 0.659. The number of hydrogen-bond donors (Lipinski definition) is 1. The number of carbonyl (C=O) groups excluding carboxylic acids is 2. The van der Waals surface area contributed by atoms with Gasteiger partial charge in [-0.15, -0.1) is 0 Å². The van der Waals surface area contributed by atoms with Crippen LogP contribution in [0.15, 0.2) is 36.4 Å². The van der Waals surface area contributed by atoms with Gasteiger partial charge in [0, 0.05) is 37.2 Å². The minimum atomic E-state index is -0.690. The molecule has 0 bridgehead atoms. The molecule has 1 heterocycles. The van der Waals surface area contributed by atoms with Crippen LogP contribution in [-0.4, -0.2) is 30.4 Å². The molecular weight excluding hydrogens is 378 g/mol. The van der Waals surface area contributed by atoms with Gasteiger partial charge in [-0.2, -0.15) is 0 Å². The highest BCUT2D eigenvalue weighted by Crippen LogP contribution is 2.24. The first kappa shape index (κ1) is 20.8. The minimum Gasteiger partial charge on any atom is -0.496 e. The molecule has 1 N–H and O–H groups in total. The van der Waals surface area contributed by atoms with Gasteiger partial charge in [0.2, 0.25) is 11.8 Å². The zero-order chi connectivity index (χ0) is 21.0. The lowest BCUT2D eigenvalue weighted by molar-refractivity contribution is -0.139. The van der Waals surface area contributed by atoms with Crippen molar-refractivity contribution in [1.29, 1.82) is 0 Å². The molecule has 0 spiro atoms. The van der Waals surface area contributed by atoms with E-state index >= 15 is 0 Å². The summed E-state index contributed by atoms with van der Waals surface area (Å²) in [6, 6.07) is 9.95. The predicted octanol–water partition coefficient (Wildman–Crippen LogP) is 3.34. The maximum absolute atomic E-state index is 14.1. The van der Waals surface area contributed by atoms with E-state index in [0.717, 1.165) is 5.56 Å². The molecule has 0 aromatic heterocycles. The number of ether oxygens (including phenoxy) is 1. The summed E-state index contributed by atoms with van der Waals surface area (Å²) >= 11 is 0. The second kappa shape index (κ2) is 9.03. The number of amides is 2. The predicted molar refractivity (Wildman–Crippen MR) is 104 cm³/mol. The number of hydrogen-bond acceptors (Lipinski definition) is 3. The number of rotatable bonds is 6. The van der Waals surface area contributed by atoms with Crippen LogP contribution in [-0.2, 0) is 22.7 Å². The second-order valence-corrected chi connectivity index (χ2v) is 7.20. The standard InChI is InChI=1S/C22H24F2N2O3/c1-14-7-9-18(23)17(21(14)24)11-25-22(28)16-8-10-20(27)26(13-16)12-15-5-3-4-6-19(15)29-2/h3-7,9,16H,8,10-13H2,1-2H3,(H,25,28)/t16-/m0/s1. The van der Waals surface area contributed by atoms with Gasteiger partial charge in [0.25, 0.3) is 0 Å². The van der Waals surface area contributed by atoms with Crippen molar-refractivity contribution < 1.29 is 23.1 Å². The van der Waals surface area contributed by atoms with Gasteiger partial charge < -0.3 is 15.0 Å². The van der Waals surface area contributed by atoms with Crippen LogP contribution in [0.1, 0.15) is 29.5 Å². The highest BCUT2D eigenvalue weighted by Gasteiger charge is 2.30. The van der Waals surface area contributed by atoms with Crippen LogP contribution in [0.25, 0.3) is 0 Å². The Hall–Kier alpha value is -2.96. The highest BCUT2D eigenvalue weighted by atomic mass is 19.1. The molecule has 1 saturated heterocycles. The van der Waals surface area contributed by atoms with Crippen molar-refractivity contribution in [2.75, 3.05) is 13.7 Å². The Balaban J connectivity index is 1.65. The molecule has 0 aliphatic carbocycles. The largest absolute Gasteiger partial charge is 0.496 e. The van der Waals surface area contributed by atoms with Crippen LogP contribution in [0.3, 0.4) is 0 Å². The van der Waals surface area contributed by atoms with E-state index in [4.69, 9.17) is 4.74 Å². The van der Waals surface area contributed by atoms with Gasteiger partial charge in [-0.3, -0.25) is 9.59 Å². The fourth-order valence-electron chi connectivity index (χ4n) is 3.52. The van der Waals surface area contributed by atoms with Crippen molar-refractivity contribution in [2.24, 2.45) is 5.92 Å². The number of piperidine rings is 1. The summed E-state index contributed by atoms with van der Waals surface area (Å²) in [6.45, 7) is 1.91. The smallest absolute Gasteiger partial charge is 0.225 e. The Bertz CT molecular complexity index is 917. The minimum absolute atomic E-state index is 0.0317. The van der Waals surface area contributed by atoms with E-state index in [9.17, 15) is 18.4 Å². The fourth-order valence-corrected chi connectivity index (χ4v) is 3.52. The molecule has 0 unspecified atom stereocenters. The molecule has 2 amide bonds. The van der Waals surface area contributed by atoms with Gasteiger partial charge in [0.1, 0.15) is 17.4 Å². The highest BCUT2D eigenvalue weighted by molar-refractivity contribution is 5.83. The molecule has 7 heteroatoms. The van der Waals surface area contributed by atoms with Crippen molar-refractivity contribution in [3.63, 3.8) is 0 Å². The Labute approximate surface area is 168 Å². The van der Waals surface area contributed by atoms with E-state index in [1.54, 1.807) is 18.9 Å². The maximum atomic E-state index is 14.1. The monoisotopic (exact) mass is 402 g/mol. The van der Waals surface area contributed by atoms with Gasteiger partial charge in [-0.05, 0) is 31.0 Å². The normalized spacial score (nSPS) is 16.6. The molecule has 154 valence electrons. The average Bonchev–Trinajstić information content (AvgIpc) is 2.72. The van der Waals surface area contributed by atoms with Crippen molar-refractivity contribution in [1.82, 2.24) is 10.2 Å². The van der Waals surface area contributed by atoms with Crippen LogP contribution in [0.4, 0.5) is 8.78 Å². The molecule has 1 aliphatic heterocycles. The van der Waals surface area contributed by atoms with E-state index in [1.165, 1.54) is 12.1 Å². The zero-order valence-electron chi connectivity index (χ0n) is 16.5. The van der Waals surface area contributed by atoms with Gasteiger partial charge >= 0.3 is 0 Å². The van der Waals surface area contributed by atoms with Crippen molar-refractivity contribution >= 4 is 11.8 Å². The fraction of sp³-hybridized carbons (Fsp3) is 0.364. The van der Waals surface area contributed by atoms with E-state index < -0.39 is 17.6 Å². The Morgan fingerprint density at radius 2 is 2.00 bits per heavy atom. The molecule has 2 aromatic rings. The molecule has 3 rings (SSSR count). The Kier molecular flexibility index (Phi) is 6.46. The van der Waals surface area contributed by atoms with Gasteiger partial charge in [-0.25, -0.2) is 8.78 Å². The van der Waals surface area contributed by atoms with E-state index in [0.29, 0.717) is 24.3 Å². The van der Waals surface area contributed by atoms with E-state index in [2.05, 4.69) is 5.32 Å². The number of halogens is 2. The summed E-state index contributed by atoms with van der Waals surface area (Å²) < 4.78 is 33.3. The third-order valence-corrected chi connectivity index (χ3v) is 5.24. The number of methoxy groups -OCH3 is 1. The Morgan fingerprint density at radius 1 is 1.24 bits per heavy atom. The SMILES string of the molecule is COc1ccccc1CN1C[C@@H](C(=O)NCc2c(F)ccc(C)c2F)CCC1=O. The summed E-state index contributed by atoms with van der Waals surface area (Å²) in [5, 5.41) is 2.62. The van der Waals surface area contributed by atoms with E-state index in [-0.39, 0.29) is 36.9 Å².